The molecule has 0 bridgehead atoms. The summed E-state index contributed by atoms with van der Waals surface area (Å²) in [5, 5.41) is 7.47. The van der Waals surface area contributed by atoms with Crippen LogP contribution in [0, 0.1) is 0 Å². The first kappa shape index (κ1) is 12.5. The third-order valence-electron chi connectivity index (χ3n) is 2.69. The molecule has 1 amide bonds. The zero-order valence-electron chi connectivity index (χ0n) is 10.4. The molecule has 4 nitrogen and oxygen atoms in total. The lowest BCUT2D eigenvalue weighted by molar-refractivity contribution is -0.114. The SMILES string of the molecule is CCCCOc1ccc(C2C=CC(=O)N=N2)cc1. The maximum atomic E-state index is 10.9. The number of ether oxygens (including phenoxy) is 1. The molecule has 1 atom stereocenters. The zero-order chi connectivity index (χ0) is 12.8. The van der Waals surface area contributed by atoms with Crippen molar-refractivity contribution < 1.29 is 9.53 Å². The van der Waals surface area contributed by atoms with E-state index in [9.17, 15) is 4.79 Å². The second kappa shape index (κ2) is 6.10. The van der Waals surface area contributed by atoms with Crippen LogP contribution in [0.3, 0.4) is 0 Å². The van der Waals surface area contributed by atoms with Crippen LogP contribution in [0.4, 0.5) is 0 Å². The highest BCUT2D eigenvalue weighted by molar-refractivity contribution is 5.88. The summed E-state index contributed by atoms with van der Waals surface area (Å²) in [6, 6.07) is 7.58. The fourth-order valence-electron chi connectivity index (χ4n) is 1.64. The van der Waals surface area contributed by atoms with Crippen molar-refractivity contribution in [2.45, 2.75) is 25.8 Å². The summed E-state index contributed by atoms with van der Waals surface area (Å²) in [7, 11) is 0. The summed E-state index contributed by atoms with van der Waals surface area (Å²) in [4.78, 5) is 10.9. The molecule has 94 valence electrons. The molecule has 1 heterocycles. The highest BCUT2D eigenvalue weighted by Crippen LogP contribution is 2.24. The lowest BCUT2D eigenvalue weighted by Crippen LogP contribution is -2.00. The Morgan fingerprint density at radius 2 is 2.06 bits per heavy atom. The number of unbranched alkanes of at least 4 members (excludes halogenated alkanes) is 1. The standard InChI is InChI=1S/C14H16N2O2/c1-2-3-10-18-12-6-4-11(5-7-12)13-8-9-14(17)16-15-13/h4-9,13H,2-3,10H2,1H3. The maximum Gasteiger partial charge on any atom is 0.287 e. The Labute approximate surface area is 106 Å². The van der Waals surface area contributed by atoms with Crippen molar-refractivity contribution >= 4 is 5.91 Å². The summed E-state index contributed by atoms with van der Waals surface area (Å²) in [6.45, 7) is 2.88. The monoisotopic (exact) mass is 244 g/mol. The quantitative estimate of drug-likeness (QED) is 0.745. The second-order valence-electron chi connectivity index (χ2n) is 4.13. The minimum absolute atomic E-state index is 0.160. The number of carbonyl (C=O) groups excluding carboxylic acids is 1. The third-order valence-corrected chi connectivity index (χ3v) is 2.69. The molecule has 0 spiro atoms. The molecule has 1 aromatic rings. The van der Waals surface area contributed by atoms with Crippen LogP contribution >= 0.6 is 0 Å². The van der Waals surface area contributed by atoms with E-state index in [-0.39, 0.29) is 11.9 Å². The predicted octanol–water partition coefficient (Wildman–Crippen LogP) is 3.46. The average Bonchev–Trinajstić information content (AvgIpc) is 2.41. The first-order chi connectivity index (χ1) is 8.79. The van der Waals surface area contributed by atoms with E-state index < -0.39 is 0 Å². The molecule has 0 radical (unpaired) electrons. The Morgan fingerprint density at radius 3 is 2.67 bits per heavy atom. The van der Waals surface area contributed by atoms with Crippen molar-refractivity contribution in [1.29, 1.82) is 0 Å². The molecule has 1 unspecified atom stereocenters. The molecule has 0 saturated heterocycles. The van der Waals surface area contributed by atoms with E-state index in [1.165, 1.54) is 6.08 Å². The first-order valence-corrected chi connectivity index (χ1v) is 6.15. The number of rotatable bonds is 5. The predicted molar refractivity (Wildman–Crippen MR) is 68.6 cm³/mol. The summed E-state index contributed by atoms with van der Waals surface area (Å²) in [5.41, 5.74) is 1.00. The van der Waals surface area contributed by atoms with E-state index >= 15 is 0 Å². The summed E-state index contributed by atoms with van der Waals surface area (Å²) < 4.78 is 5.58. The van der Waals surface area contributed by atoms with Gasteiger partial charge in [-0.25, -0.2) is 0 Å². The Kier molecular flexibility index (Phi) is 4.23. The number of benzene rings is 1. The molecular formula is C14H16N2O2. The van der Waals surface area contributed by atoms with Gasteiger partial charge in [0.05, 0.1) is 6.61 Å². The Hall–Kier alpha value is -1.97. The molecule has 0 aliphatic carbocycles. The van der Waals surface area contributed by atoms with Crippen molar-refractivity contribution in [3.8, 4) is 5.75 Å². The molecular weight excluding hydrogens is 228 g/mol. The van der Waals surface area contributed by atoms with Crippen LogP contribution < -0.4 is 4.74 Å². The van der Waals surface area contributed by atoms with Crippen LogP contribution in [0.25, 0.3) is 0 Å². The highest BCUT2D eigenvalue weighted by atomic mass is 16.5. The largest absolute Gasteiger partial charge is 0.494 e. The number of azo groups is 1. The van der Waals surface area contributed by atoms with Crippen LogP contribution in [0.2, 0.25) is 0 Å². The zero-order valence-corrected chi connectivity index (χ0v) is 10.4. The van der Waals surface area contributed by atoms with Crippen molar-refractivity contribution in [2.75, 3.05) is 6.61 Å². The second-order valence-corrected chi connectivity index (χ2v) is 4.13. The smallest absolute Gasteiger partial charge is 0.287 e. The fraction of sp³-hybridized carbons (Fsp3) is 0.357. The fourth-order valence-corrected chi connectivity index (χ4v) is 1.64. The van der Waals surface area contributed by atoms with Gasteiger partial charge in [0.1, 0.15) is 11.8 Å². The van der Waals surface area contributed by atoms with Crippen LogP contribution in [-0.4, -0.2) is 12.5 Å². The Morgan fingerprint density at radius 1 is 1.28 bits per heavy atom. The molecule has 1 aliphatic rings. The van der Waals surface area contributed by atoms with Gasteiger partial charge in [0.25, 0.3) is 5.91 Å². The van der Waals surface area contributed by atoms with E-state index in [1.807, 2.05) is 24.3 Å². The summed E-state index contributed by atoms with van der Waals surface area (Å²) in [6.07, 6.45) is 5.38. The Balaban J connectivity index is 1.97. The molecule has 0 aromatic heterocycles. The molecule has 1 aromatic carbocycles. The van der Waals surface area contributed by atoms with Gasteiger partial charge in [0.2, 0.25) is 0 Å². The lowest BCUT2D eigenvalue weighted by Gasteiger charge is -2.10. The minimum atomic E-state index is -0.300. The molecule has 18 heavy (non-hydrogen) atoms. The molecule has 0 fully saturated rings. The normalized spacial score (nSPS) is 18.1. The van der Waals surface area contributed by atoms with E-state index in [0.29, 0.717) is 0 Å². The van der Waals surface area contributed by atoms with Gasteiger partial charge in [0.15, 0.2) is 0 Å². The third kappa shape index (κ3) is 3.26. The number of hydrogen-bond acceptors (Lipinski definition) is 3. The van der Waals surface area contributed by atoms with E-state index in [4.69, 9.17) is 4.74 Å². The van der Waals surface area contributed by atoms with Crippen LogP contribution in [-0.2, 0) is 4.79 Å². The highest BCUT2D eigenvalue weighted by Gasteiger charge is 2.11. The first-order valence-electron chi connectivity index (χ1n) is 6.15. The van der Waals surface area contributed by atoms with Gasteiger partial charge in [-0.2, -0.15) is 5.11 Å². The molecule has 1 aliphatic heterocycles. The number of carbonyl (C=O) groups is 1. The van der Waals surface area contributed by atoms with Crippen LogP contribution in [0.5, 0.6) is 5.75 Å². The average molecular weight is 244 g/mol. The summed E-state index contributed by atoms with van der Waals surface area (Å²) >= 11 is 0. The minimum Gasteiger partial charge on any atom is -0.494 e. The van der Waals surface area contributed by atoms with E-state index in [2.05, 4.69) is 17.2 Å². The number of hydrogen-bond donors (Lipinski definition) is 0. The molecule has 2 rings (SSSR count). The van der Waals surface area contributed by atoms with Crippen molar-refractivity contribution in [3.05, 3.63) is 42.0 Å². The lowest BCUT2D eigenvalue weighted by atomic mass is 10.1. The van der Waals surface area contributed by atoms with Gasteiger partial charge >= 0.3 is 0 Å². The van der Waals surface area contributed by atoms with Gasteiger partial charge in [0, 0.05) is 6.08 Å². The molecule has 0 N–H and O–H groups in total. The topological polar surface area (TPSA) is 51.0 Å². The van der Waals surface area contributed by atoms with Gasteiger partial charge < -0.3 is 4.74 Å². The van der Waals surface area contributed by atoms with Crippen LogP contribution in [0.15, 0.2) is 46.6 Å². The Bertz CT molecular complexity index is 447. The van der Waals surface area contributed by atoms with Gasteiger partial charge in [-0.15, -0.1) is 5.11 Å². The van der Waals surface area contributed by atoms with Crippen LogP contribution in [0.1, 0.15) is 31.4 Å². The van der Waals surface area contributed by atoms with Gasteiger partial charge in [-0.05, 0) is 30.2 Å². The van der Waals surface area contributed by atoms with Crippen molar-refractivity contribution in [1.82, 2.24) is 0 Å². The summed E-state index contributed by atoms with van der Waals surface area (Å²) in [5.74, 6) is 0.561. The molecule has 4 heteroatoms. The number of nitrogens with zero attached hydrogens (tertiary/aromatic N) is 2. The molecule has 0 saturated carbocycles. The van der Waals surface area contributed by atoms with Crippen molar-refractivity contribution in [2.24, 2.45) is 10.2 Å². The van der Waals surface area contributed by atoms with Gasteiger partial charge in [-0.3, -0.25) is 4.79 Å². The van der Waals surface area contributed by atoms with E-state index in [0.717, 1.165) is 30.8 Å². The van der Waals surface area contributed by atoms with E-state index in [1.54, 1.807) is 6.08 Å². The number of amides is 1. The maximum absolute atomic E-state index is 10.9. The van der Waals surface area contributed by atoms with Gasteiger partial charge in [-0.1, -0.05) is 25.5 Å². The van der Waals surface area contributed by atoms with Crippen molar-refractivity contribution in [3.63, 3.8) is 0 Å².